The van der Waals surface area contributed by atoms with Gasteiger partial charge in [0.1, 0.15) is 0 Å². The van der Waals surface area contributed by atoms with Gasteiger partial charge in [0.05, 0.1) is 0 Å². The first kappa shape index (κ1) is 11.4. The van der Waals surface area contributed by atoms with E-state index in [1.54, 1.807) is 0 Å². The molecular weight excluding hydrogens is 198 g/mol. The molecule has 0 saturated heterocycles. The molecule has 1 saturated carbocycles. The summed E-state index contributed by atoms with van der Waals surface area (Å²) in [5, 5.41) is 3.47. The Morgan fingerprint density at radius 1 is 1.44 bits per heavy atom. The van der Waals surface area contributed by atoms with Gasteiger partial charge in [-0.2, -0.15) is 0 Å². The van der Waals surface area contributed by atoms with Crippen LogP contribution < -0.4 is 5.32 Å². The van der Waals surface area contributed by atoms with E-state index in [-0.39, 0.29) is 0 Å². The second-order valence-corrected chi connectivity index (χ2v) is 4.88. The summed E-state index contributed by atoms with van der Waals surface area (Å²) < 4.78 is 0. The first-order valence-corrected chi connectivity index (χ1v) is 6.27. The molecule has 0 radical (unpaired) electrons. The van der Waals surface area contributed by atoms with Crippen molar-refractivity contribution in [2.24, 2.45) is 11.8 Å². The minimum Gasteiger partial charge on any atom is -0.351 e. The van der Waals surface area contributed by atoms with Crippen molar-refractivity contribution in [2.45, 2.75) is 46.1 Å². The molecule has 3 unspecified atom stereocenters. The van der Waals surface area contributed by atoms with Gasteiger partial charge in [0.2, 0.25) is 5.95 Å². The zero-order valence-corrected chi connectivity index (χ0v) is 10.4. The first-order chi connectivity index (χ1) is 7.70. The van der Waals surface area contributed by atoms with E-state index >= 15 is 0 Å². The van der Waals surface area contributed by atoms with E-state index in [0.717, 1.165) is 23.5 Å². The van der Waals surface area contributed by atoms with Crippen LogP contribution in [0.4, 0.5) is 5.95 Å². The molecule has 3 nitrogen and oxygen atoms in total. The van der Waals surface area contributed by atoms with Crippen molar-refractivity contribution in [1.29, 1.82) is 0 Å². The summed E-state index contributed by atoms with van der Waals surface area (Å²) in [6.45, 7) is 6.63. The van der Waals surface area contributed by atoms with Gasteiger partial charge in [-0.15, -0.1) is 0 Å². The Morgan fingerprint density at radius 2 is 2.25 bits per heavy atom. The third-order valence-corrected chi connectivity index (χ3v) is 3.86. The Balaban J connectivity index is 2.00. The molecule has 1 N–H and O–H groups in total. The Morgan fingerprint density at radius 3 is 2.88 bits per heavy atom. The van der Waals surface area contributed by atoms with Gasteiger partial charge in [-0.25, -0.2) is 9.97 Å². The van der Waals surface area contributed by atoms with Crippen LogP contribution in [0.15, 0.2) is 12.3 Å². The second kappa shape index (κ2) is 4.81. The van der Waals surface area contributed by atoms with Gasteiger partial charge in [-0.3, -0.25) is 0 Å². The molecule has 2 rings (SSSR count). The van der Waals surface area contributed by atoms with Crippen LogP contribution in [0, 0.1) is 18.8 Å². The van der Waals surface area contributed by atoms with Gasteiger partial charge in [0.25, 0.3) is 0 Å². The number of aryl methyl sites for hydroxylation is 1. The highest BCUT2D eigenvalue weighted by molar-refractivity contribution is 5.27. The van der Waals surface area contributed by atoms with Crippen molar-refractivity contribution in [2.75, 3.05) is 5.32 Å². The zero-order chi connectivity index (χ0) is 11.5. The molecule has 1 heterocycles. The van der Waals surface area contributed by atoms with E-state index < -0.39 is 0 Å². The molecule has 0 aliphatic heterocycles. The summed E-state index contributed by atoms with van der Waals surface area (Å²) in [5.74, 6) is 2.38. The SMILES string of the molecule is CCC1CCC(Nc2nccc(C)n2)C1C. The molecule has 1 aromatic heterocycles. The Hall–Kier alpha value is -1.12. The van der Waals surface area contributed by atoms with Crippen LogP contribution in [0.3, 0.4) is 0 Å². The van der Waals surface area contributed by atoms with E-state index in [0.29, 0.717) is 6.04 Å². The maximum atomic E-state index is 4.40. The maximum Gasteiger partial charge on any atom is 0.223 e. The van der Waals surface area contributed by atoms with Crippen molar-refractivity contribution < 1.29 is 0 Å². The van der Waals surface area contributed by atoms with E-state index in [9.17, 15) is 0 Å². The lowest BCUT2D eigenvalue weighted by Gasteiger charge is -2.20. The van der Waals surface area contributed by atoms with Crippen LogP contribution in [-0.2, 0) is 0 Å². The molecule has 1 aliphatic carbocycles. The van der Waals surface area contributed by atoms with Crippen LogP contribution in [0.25, 0.3) is 0 Å². The number of aromatic nitrogens is 2. The van der Waals surface area contributed by atoms with Crippen LogP contribution in [-0.4, -0.2) is 16.0 Å². The molecule has 16 heavy (non-hydrogen) atoms. The van der Waals surface area contributed by atoms with Gasteiger partial charge in [-0.1, -0.05) is 20.3 Å². The van der Waals surface area contributed by atoms with Gasteiger partial charge in [0, 0.05) is 17.9 Å². The number of hydrogen-bond donors (Lipinski definition) is 1. The number of nitrogens with zero attached hydrogens (tertiary/aromatic N) is 2. The molecule has 1 fully saturated rings. The fraction of sp³-hybridized carbons (Fsp3) is 0.692. The van der Waals surface area contributed by atoms with Crippen molar-refractivity contribution in [3.63, 3.8) is 0 Å². The van der Waals surface area contributed by atoms with Gasteiger partial charge >= 0.3 is 0 Å². The third kappa shape index (κ3) is 2.34. The number of hydrogen-bond acceptors (Lipinski definition) is 3. The molecule has 88 valence electrons. The quantitative estimate of drug-likeness (QED) is 0.849. The molecule has 0 aromatic carbocycles. The topological polar surface area (TPSA) is 37.8 Å². The molecule has 0 amide bonds. The minimum absolute atomic E-state index is 0.548. The third-order valence-electron chi connectivity index (χ3n) is 3.86. The zero-order valence-electron chi connectivity index (χ0n) is 10.4. The summed E-state index contributed by atoms with van der Waals surface area (Å²) >= 11 is 0. The van der Waals surface area contributed by atoms with E-state index in [4.69, 9.17) is 0 Å². The smallest absolute Gasteiger partial charge is 0.223 e. The van der Waals surface area contributed by atoms with Crippen molar-refractivity contribution in [3.05, 3.63) is 18.0 Å². The lowest BCUT2D eigenvalue weighted by molar-refractivity contribution is 0.391. The molecule has 1 aromatic rings. The highest BCUT2D eigenvalue weighted by atomic mass is 15.1. The minimum atomic E-state index is 0.548. The van der Waals surface area contributed by atoms with Crippen LogP contribution in [0.5, 0.6) is 0 Å². The fourth-order valence-electron chi connectivity index (χ4n) is 2.71. The van der Waals surface area contributed by atoms with Gasteiger partial charge in [-0.05, 0) is 37.7 Å². The molecule has 3 atom stereocenters. The van der Waals surface area contributed by atoms with Crippen LogP contribution in [0.1, 0.15) is 38.8 Å². The van der Waals surface area contributed by atoms with Crippen molar-refractivity contribution in [3.8, 4) is 0 Å². The highest BCUT2D eigenvalue weighted by Gasteiger charge is 2.31. The maximum absolute atomic E-state index is 4.40. The molecule has 1 aliphatic rings. The normalized spacial score (nSPS) is 29.3. The predicted octanol–water partition coefficient (Wildman–Crippen LogP) is 3.02. The van der Waals surface area contributed by atoms with Crippen LogP contribution in [0.2, 0.25) is 0 Å². The average Bonchev–Trinajstić information content (AvgIpc) is 2.60. The van der Waals surface area contributed by atoms with Gasteiger partial charge in [0.15, 0.2) is 0 Å². The largest absolute Gasteiger partial charge is 0.351 e. The van der Waals surface area contributed by atoms with Crippen molar-refractivity contribution >= 4 is 5.95 Å². The number of nitrogens with one attached hydrogen (secondary N) is 1. The van der Waals surface area contributed by atoms with E-state index in [1.807, 2.05) is 19.2 Å². The summed E-state index contributed by atoms with van der Waals surface area (Å²) in [5.41, 5.74) is 1.02. The lowest BCUT2D eigenvalue weighted by Crippen LogP contribution is -2.25. The summed E-state index contributed by atoms with van der Waals surface area (Å²) in [6, 6.07) is 2.48. The molecule has 0 bridgehead atoms. The van der Waals surface area contributed by atoms with Gasteiger partial charge < -0.3 is 5.32 Å². The summed E-state index contributed by atoms with van der Waals surface area (Å²) in [7, 11) is 0. The number of rotatable bonds is 3. The van der Waals surface area contributed by atoms with E-state index in [2.05, 4.69) is 29.1 Å². The fourth-order valence-corrected chi connectivity index (χ4v) is 2.71. The Kier molecular flexibility index (Phi) is 3.42. The average molecular weight is 219 g/mol. The standard InChI is InChI=1S/C13H21N3/c1-4-11-5-6-12(10(11)3)16-13-14-8-7-9(2)15-13/h7-8,10-12H,4-6H2,1-3H3,(H,14,15,16). The molecule has 3 heteroatoms. The second-order valence-electron chi connectivity index (χ2n) is 4.88. The Bertz CT molecular complexity index is 351. The number of anilines is 1. The molecular formula is C13H21N3. The predicted molar refractivity (Wildman–Crippen MR) is 66.4 cm³/mol. The first-order valence-electron chi connectivity index (χ1n) is 6.27. The highest BCUT2D eigenvalue weighted by Crippen LogP contribution is 2.35. The van der Waals surface area contributed by atoms with Crippen LogP contribution >= 0.6 is 0 Å². The van der Waals surface area contributed by atoms with Crippen molar-refractivity contribution in [1.82, 2.24) is 9.97 Å². The van der Waals surface area contributed by atoms with E-state index in [1.165, 1.54) is 19.3 Å². The summed E-state index contributed by atoms with van der Waals surface area (Å²) in [6.07, 6.45) is 5.69. The Labute approximate surface area is 97.7 Å². The monoisotopic (exact) mass is 219 g/mol. The molecule has 0 spiro atoms. The lowest BCUT2D eigenvalue weighted by atomic mass is 9.94. The summed E-state index contributed by atoms with van der Waals surface area (Å²) in [4.78, 5) is 8.67.